The molecular formula is C28H36ClFN4O6S. The molecule has 224 valence electrons. The number of carbonyl (C=O) groups excluding carboxylic acids is 2. The van der Waals surface area contributed by atoms with Crippen LogP contribution in [0.25, 0.3) is 0 Å². The highest BCUT2D eigenvalue weighted by Crippen LogP contribution is 2.55. The maximum absolute atomic E-state index is 13.6. The molecule has 10 nitrogen and oxygen atoms in total. The van der Waals surface area contributed by atoms with Crippen molar-refractivity contribution >= 4 is 39.1 Å². The number of aliphatic hydroxyl groups is 1. The number of halogens is 2. The van der Waals surface area contributed by atoms with Gasteiger partial charge in [-0.2, -0.15) is 0 Å². The Labute approximate surface area is 244 Å². The van der Waals surface area contributed by atoms with Crippen molar-refractivity contribution in [3.63, 3.8) is 0 Å². The summed E-state index contributed by atoms with van der Waals surface area (Å²) in [6.07, 6.45) is 2.88. The third kappa shape index (κ3) is 5.96. The summed E-state index contributed by atoms with van der Waals surface area (Å²) in [7, 11) is -1.90. The molecule has 0 spiro atoms. The maximum Gasteiger partial charge on any atom is 0.410 e. The van der Waals surface area contributed by atoms with E-state index >= 15 is 0 Å². The Morgan fingerprint density at radius 1 is 1.22 bits per heavy atom. The van der Waals surface area contributed by atoms with Crippen molar-refractivity contribution < 1.29 is 32.2 Å². The monoisotopic (exact) mass is 610 g/mol. The molecule has 1 aromatic carbocycles. The van der Waals surface area contributed by atoms with E-state index in [-0.39, 0.29) is 41.6 Å². The van der Waals surface area contributed by atoms with Gasteiger partial charge in [-0.3, -0.25) is 4.79 Å². The molecule has 41 heavy (non-hydrogen) atoms. The lowest BCUT2D eigenvalue weighted by atomic mass is 9.89. The molecule has 1 aromatic heterocycles. The van der Waals surface area contributed by atoms with Gasteiger partial charge < -0.3 is 24.6 Å². The number of hydrogen-bond donors (Lipinski definition) is 2. The van der Waals surface area contributed by atoms with Gasteiger partial charge in [0.15, 0.2) is 9.84 Å². The second-order valence-electron chi connectivity index (χ2n) is 12.7. The fourth-order valence-electron chi connectivity index (χ4n) is 6.76. The standard InChI is InChI=1S/C28H36ClFN4O6S/c1-27(2,3)40-26(36)34-7-8-41(38,39)22(14-34)28(37)12-17-9-16(10-18(17)13-28)23-24(33(4)15-31-23)25(35)32-19-5-6-21(30)20(29)11-19/h5-6,11,15-18,22,37H,7-10,12-14H2,1-4H3,(H,32,35). The molecule has 2 aromatic rings. The van der Waals surface area contributed by atoms with Gasteiger partial charge in [-0.25, -0.2) is 22.6 Å². The first-order valence-electron chi connectivity index (χ1n) is 13.8. The van der Waals surface area contributed by atoms with Crippen LogP contribution in [0.3, 0.4) is 0 Å². The Hall–Kier alpha value is -2.70. The summed E-state index contributed by atoms with van der Waals surface area (Å²) < 4.78 is 46.9. The first-order chi connectivity index (χ1) is 19.1. The van der Waals surface area contributed by atoms with Gasteiger partial charge in [0.2, 0.25) is 0 Å². The summed E-state index contributed by atoms with van der Waals surface area (Å²) in [5.74, 6) is -1.15. The van der Waals surface area contributed by atoms with Gasteiger partial charge in [-0.05, 0) is 76.5 Å². The second kappa shape index (κ2) is 10.5. The summed E-state index contributed by atoms with van der Waals surface area (Å²) in [4.78, 5) is 31.8. The van der Waals surface area contributed by atoms with Crippen molar-refractivity contribution in [2.24, 2.45) is 18.9 Å². The molecule has 1 aliphatic heterocycles. The number of benzene rings is 1. The van der Waals surface area contributed by atoms with Gasteiger partial charge in [-0.1, -0.05) is 11.6 Å². The number of amides is 2. The summed E-state index contributed by atoms with van der Waals surface area (Å²) >= 11 is 5.86. The van der Waals surface area contributed by atoms with Crippen LogP contribution in [0, 0.1) is 17.7 Å². The van der Waals surface area contributed by atoms with Crippen LogP contribution >= 0.6 is 11.6 Å². The van der Waals surface area contributed by atoms with Crippen LogP contribution in [0.15, 0.2) is 24.5 Å². The summed E-state index contributed by atoms with van der Waals surface area (Å²) in [5, 5.41) is 13.3. The number of rotatable bonds is 4. The first kappa shape index (κ1) is 29.8. The van der Waals surface area contributed by atoms with Crippen LogP contribution in [0.4, 0.5) is 14.9 Å². The molecular weight excluding hydrogens is 575 g/mol. The summed E-state index contributed by atoms with van der Waals surface area (Å²) in [6, 6.07) is 3.95. The van der Waals surface area contributed by atoms with E-state index in [4.69, 9.17) is 16.3 Å². The lowest BCUT2D eigenvalue weighted by molar-refractivity contribution is 0.00429. The van der Waals surface area contributed by atoms with Crippen molar-refractivity contribution in [2.75, 3.05) is 24.2 Å². The fraction of sp³-hybridized carbons (Fsp3) is 0.607. The molecule has 2 heterocycles. The number of anilines is 1. The topological polar surface area (TPSA) is 131 Å². The van der Waals surface area contributed by atoms with Crippen LogP contribution in [0.2, 0.25) is 5.02 Å². The van der Waals surface area contributed by atoms with Crippen molar-refractivity contribution in [2.45, 2.75) is 68.8 Å². The van der Waals surface area contributed by atoms with Crippen LogP contribution in [-0.4, -0.2) is 75.3 Å². The molecule has 3 fully saturated rings. The third-order valence-electron chi connectivity index (χ3n) is 8.53. The largest absolute Gasteiger partial charge is 0.444 e. The van der Waals surface area contributed by atoms with E-state index in [1.807, 2.05) is 0 Å². The lowest BCUT2D eigenvalue weighted by Crippen LogP contribution is -2.58. The molecule has 3 unspecified atom stereocenters. The average molecular weight is 611 g/mol. The first-order valence-corrected chi connectivity index (χ1v) is 15.8. The van der Waals surface area contributed by atoms with E-state index in [9.17, 15) is 27.5 Å². The fourth-order valence-corrected chi connectivity index (χ4v) is 8.97. The van der Waals surface area contributed by atoms with Gasteiger partial charge >= 0.3 is 6.09 Å². The predicted octanol–water partition coefficient (Wildman–Crippen LogP) is 4.13. The number of fused-ring (bicyclic) bond motifs is 1. The maximum atomic E-state index is 13.6. The minimum Gasteiger partial charge on any atom is -0.444 e. The molecule has 2 saturated carbocycles. The quantitative estimate of drug-likeness (QED) is 0.532. The zero-order valence-electron chi connectivity index (χ0n) is 23.6. The highest BCUT2D eigenvalue weighted by atomic mass is 35.5. The van der Waals surface area contributed by atoms with Crippen LogP contribution in [-0.2, 0) is 21.6 Å². The third-order valence-corrected chi connectivity index (χ3v) is 11.0. The van der Waals surface area contributed by atoms with Gasteiger partial charge in [0.05, 0.1) is 28.4 Å². The van der Waals surface area contributed by atoms with E-state index in [0.29, 0.717) is 42.8 Å². The zero-order chi connectivity index (χ0) is 29.9. The summed E-state index contributed by atoms with van der Waals surface area (Å²) in [6.45, 7) is 5.18. The molecule has 2 N–H and O–H groups in total. The van der Waals surface area contributed by atoms with Gasteiger partial charge in [-0.15, -0.1) is 0 Å². The Balaban J connectivity index is 1.29. The summed E-state index contributed by atoms with van der Waals surface area (Å²) in [5.41, 5.74) is -0.791. The molecule has 0 bridgehead atoms. The molecule has 13 heteroatoms. The molecule has 3 atom stereocenters. The molecule has 5 rings (SSSR count). The number of sulfone groups is 1. The Bertz CT molecular complexity index is 1460. The van der Waals surface area contributed by atoms with Gasteiger partial charge in [0.25, 0.3) is 5.91 Å². The molecule has 2 amide bonds. The molecule has 2 aliphatic carbocycles. The normalized spacial score (nSPS) is 29.3. The Morgan fingerprint density at radius 2 is 1.88 bits per heavy atom. The van der Waals surface area contributed by atoms with Crippen LogP contribution in [0.1, 0.15) is 68.6 Å². The average Bonchev–Trinajstić information content (AvgIpc) is 3.51. The van der Waals surface area contributed by atoms with Crippen molar-refractivity contribution in [3.8, 4) is 0 Å². The van der Waals surface area contributed by atoms with E-state index in [2.05, 4.69) is 10.3 Å². The number of imidazole rings is 1. The van der Waals surface area contributed by atoms with E-state index in [1.165, 1.54) is 23.1 Å². The molecule has 3 aliphatic rings. The minimum atomic E-state index is -3.62. The number of nitrogens with one attached hydrogen (secondary N) is 1. The van der Waals surface area contributed by atoms with Crippen molar-refractivity contribution in [3.05, 3.63) is 46.8 Å². The molecule has 1 saturated heterocycles. The van der Waals surface area contributed by atoms with Crippen molar-refractivity contribution in [1.82, 2.24) is 14.5 Å². The van der Waals surface area contributed by atoms with Gasteiger partial charge in [0, 0.05) is 31.7 Å². The van der Waals surface area contributed by atoms with Crippen LogP contribution in [0.5, 0.6) is 0 Å². The van der Waals surface area contributed by atoms with Crippen molar-refractivity contribution in [1.29, 1.82) is 0 Å². The number of carbonyl (C=O) groups is 2. The number of nitrogens with zero attached hydrogens (tertiary/aromatic N) is 3. The minimum absolute atomic E-state index is 0.0351. The van der Waals surface area contributed by atoms with E-state index in [0.717, 1.165) is 0 Å². The Kier molecular flexibility index (Phi) is 7.65. The highest BCUT2D eigenvalue weighted by molar-refractivity contribution is 7.92. The number of hydrogen-bond acceptors (Lipinski definition) is 7. The number of aryl methyl sites for hydroxylation is 1. The SMILES string of the molecule is Cn1cnc(C2CC3CC(O)(C4CN(C(=O)OC(C)(C)C)CCS4(=O)=O)CC3C2)c1C(=O)Nc1ccc(F)c(Cl)c1. The van der Waals surface area contributed by atoms with E-state index < -0.39 is 44.1 Å². The zero-order valence-corrected chi connectivity index (χ0v) is 25.1. The Morgan fingerprint density at radius 3 is 2.49 bits per heavy atom. The molecule has 0 radical (unpaired) electrons. The van der Waals surface area contributed by atoms with Crippen LogP contribution < -0.4 is 5.32 Å². The number of aromatic nitrogens is 2. The second-order valence-corrected chi connectivity index (χ2v) is 15.4. The number of ether oxygens (including phenoxy) is 1. The lowest BCUT2D eigenvalue weighted by Gasteiger charge is -2.40. The predicted molar refractivity (Wildman–Crippen MR) is 151 cm³/mol. The van der Waals surface area contributed by atoms with E-state index in [1.54, 1.807) is 38.7 Å². The highest BCUT2D eigenvalue weighted by Gasteiger charge is 2.57. The smallest absolute Gasteiger partial charge is 0.410 e. The van der Waals surface area contributed by atoms with Gasteiger partial charge in [0.1, 0.15) is 22.4 Å².